The SMILES string of the molecule is CCOC1CC(N)(C(=O)N(C)Cc2ccc(OC)cc2)C1(C)C.Cl. The van der Waals surface area contributed by atoms with Gasteiger partial charge in [0.15, 0.2) is 0 Å². The Kier molecular flexibility index (Phi) is 6.67. The van der Waals surface area contributed by atoms with Crippen molar-refractivity contribution in [3.8, 4) is 5.75 Å². The van der Waals surface area contributed by atoms with Crippen LogP contribution < -0.4 is 10.5 Å². The van der Waals surface area contributed by atoms with E-state index >= 15 is 0 Å². The smallest absolute Gasteiger partial charge is 0.243 e. The zero-order valence-corrected chi connectivity index (χ0v) is 16.0. The molecule has 0 aromatic heterocycles. The average molecular weight is 357 g/mol. The number of benzene rings is 1. The van der Waals surface area contributed by atoms with Gasteiger partial charge in [-0.25, -0.2) is 0 Å². The molecule has 1 fully saturated rings. The summed E-state index contributed by atoms with van der Waals surface area (Å²) >= 11 is 0. The number of methoxy groups -OCH3 is 1. The first-order valence-corrected chi connectivity index (χ1v) is 8.05. The summed E-state index contributed by atoms with van der Waals surface area (Å²) < 4.78 is 10.8. The van der Waals surface area contributed by atoms with Crippen LogP contribution in [0.1, 0.15) is 32.8 Å². The second-order valence-corrected chi connectivity index (χ2v) is 6.85. The van der Waals surface area contributed by atoms with Crippen LogP contribution in [0.25, 0.3) is 0 Å². The topological polar surface area (TPSA) is 64.8 Å². The van der Waals surface area contributed by atoms with Crippen molar-refractivity contribution in [1.82, 2.24) is 4.90 Å². The minimum Gasteiger partial charge on any atom is -0.497 e. The van der Waals surface area contributed by atoms with Crippen molar-refractivity contribution < 1.29 is 14.3 Å². The van der Waals surface area contributed by atoms with Gasteiger partial charge in [-0.3, -0.25) is 4.79 Å². The monoisotopic (exact) mass is 356 g/mol. The van der Waals surface area contributed by atoms with Gasteiger partial charge in [0.05, 0.1) is 13.2 Å². The number of rotatable bonds is 6. The van der Waals surface area contributed by atoms with Crippen LogP contribution in [-0.2, 0) is 16.1 Å². The molecule has 2 N–H and O–H groups in total. The quantitative estimate of drug-likeness (QED) is 0.850. The zero-order valence-electron chi connectivity index (χ0n) is 15.2. The van der Waals surface area contributed by atoms with E-state index in [1.165, 1.54) is 0 Å². The van der Waals surface area contributed by atoms with E-state index < -0.39 is 5.54 Å². The van der Waals surface area contributed by atoms with Gasteiger partial charge >= 0.3 is 0 Å². The lowest BCUT2D eigenvalue weighted by Gasteiger charge is -2.58. The number of likely N-dealkylation sites (N-methyl/N-ethyl adjacent to an activating group) is 1. The number of hydrogen-bond donors (Lipinski definition) is 1. The number of nitrogens with zero attached hydrogens (tertiary/aromatic N) is 1. The molecule has 2 atom stereocenters. The first-order chi connectivity index (χ1) is 10.8. The van der Waals surface area contributed by atoms with E-state index in [1.807, 2.05) is 45.0 Å². The molecule has 0 radical (unpaired) electrons. The van der Waals surface area contributed by atoms with Crippen LogP contribution in [0.15, 0.2) is 24.3 Å². The molecule has 24 heavy (non-hydrogen) atoms. The van der Waals surface area contributed by atoms with E-state index in [1.54, 1.807) is 19.1 Å². The molecule has 0 heterocycles. The molecule has 1 aromatic rings. The van der Waals surface area contributed by atoms with Crippen LogP contribution in [0.4, 0.5) is 0 Å². The Balaban J connectivity index is 0.00000288. The molecule has 2 rings (SSSR count). The van der Waals surface area contributed by atoms with Gasteiger partial charge in [-0.05, 0) is 24.6 Å². The van der Waals surface area contributed by atoms with Crippen molar-refractivity contribution >= 4 is 18.3 Å². The highest BCUT2D eigenvalue weighted by molar-refractivity contribution is 5.88. The molecule has 1 aliphatic rings. The summed E-state index contributed by atoms with van der Waals surface area (Å²) in [4.78, 5) is 14.6. The van der Waals surface area contributed by atoms with Crippen molar-refractivity contribution in [2.24, 2.45) is 11.1 Å². The third kappa shape index (κ3) is 3.53. The lowest BCUT2D eigenvalue weighted by molar-refractivity contribution is -0.178. The molecule has 5 nitrogen and oxygen atoms in total. The van der Waals surface area contributed by atoms with Crippen LogP contribution in [0.2, 0.25) is 0 Å². The molecule has 1 aromatic carbocycles. The second kappa shape index (κ2) is 7.72. The number of amides is 1. The maximum absolute atomic E-state index is 12.9. The van der Waals surface area contributed by atoms with Gasteiger partial charge in [0.2, 0.25) is 5.91 Å². The Hall–Kier alpha value is -1.30. The Morgan fingerprint density at radius 2 is 1.92 bits per heavy atom. The zero-order chi connectivity index (χ0) is 17.3. The van der Waals surface area contributed by atoms with Gasteiger partial charge in [0.1, 0.15) is 11.3 Å². The first-order valence-electron chi connectivity index (χ1n) is 8.05. The standard InChI is InChI=1S/C18H28N2O3.ClH/c1-6-23-15-11-18(19,17(15,2)3)16(21)20(4)12-13-7-9-14(22-5)10-8-13;/h7-10,15H,6,11-12,19H2,1-5H3;1H. The highest BCUT2D eigenvalue weighted by atomic mass is 35.5. The molecule has 0 spiro atoms. The molecule has 0 aliphatic heterocycles. The summed E-state index contributed by atoms with van der Waals surface area (Å²) in [7, 11) is 3.43. The number of ether oxygens (including phenoxy) is 2. The first kappa shape index (κ1) is 20.7. The molecular weight excluding hydrogens is 328 g/mol. The van der Waals surface area contributed by atoms with Crippen molar-refractivity contribution in [2.75, 3.05) is 20.8 Å². The highest BCUT2D eigenvalue weighted by Gasteiger charge is 2.63. The van der Waals surface area contributed by atoms with Gasteiger partial charge in [-0.15, -0.1) is 12.4 Å². The highest BCUT2D eigenvalue weighted by Crippen LogP contribution is 2.50. The summed E-state index contributed by atoms with van der Waals surface area (Å²) in [5, 5.41) is 0. The molecule has 0 bridgehead atoms. The predicted octanol–water partition coefficient (Wildman–Crippen LogP) is 2.61. The lowest BCUT2D eigenvalue weighted by Crippen LogP contribution is -2.75. The second-order valence-electron chi connectivity index (χ2n) is 6.85. The van der Waals surface area contributed by atoms with Crippen molar-refractivity contribution in [2.45, 2.75) is 45.4 Å². The van der Waals surface area contributed by atoms with E-state index in [0.29, 0.717) is 19.6 Å². The minimum absolute atomic E-state index is 0. The van der Waals surface area contributed by atoms with E-state index in [0.717, 1.165) is 11.3 Å². The molecular formula is C18H29ClN2O3. The van der Waals surface area contributed by atoms with E-state index in [9.17, 15) is 4.79 Å². The summed E-state index contributed by atoms with van der Waals surface area (Å²) in [6, 6.07) is 7.70. The number of carbonyl (C=O) groups is 1. The molecule has 1 saturated carbocycles. The van der Waals surface area contributed by atoms with Crippen LogP contribution in [0.3, 0.4) is 0 Å². The maximum atomic E-state index is 12.9. The van der Waals surface area contributed by atoms with Gasteiger partial charge in [-0.1, -0.05) is 26.0 Å². The number of hydrogen-bond acceptors (Lipinski definition) is 4. The van der Waals surface area contributed by atoms with Gasteiger partial charge in [0.25, 0.3) is 0 Å². The Morgan fingerprint density at radius 3 is 2.38 bits per heavy atom. The van der Waals surface area contributed by atoms with E-state index in [2.05, 4.69) is 0 Å². The van der Waals surface area contributed by atoms with Crippen LogP contribution >= 0.6 is 12.4 Å². The molecule has 6 heteroatoms. The van der Waals surface area contributed by atoms with Crippen LogP contribution in [0, 0.1) is 5.41 Å². The fraction of sp³-hybridized carbons (Fsp3) is 0.611. The normalized spacial score (nSPS) is 24.5. The van der Waals surface area contributed by atoms with Crippen molar-refractivity contribution in [3.05, 3.63) is 29.8 Å². The Morgan fingerprint density at radius 1 is 1.33 bits per heavy atom. The summed E-state index contributed by atoms with van der Waals surface area (Å²) in [5.74, 6) is 0.770. The lowest BCUT2D eigenvalue weighted by atomic mass is 9.54. The number of nitrogens with two attached hydrogens (primary N) is 1. The van der Waals surface area contributed by atoms with E-state index in [-0.39, 0.29) is 29.8 Å². The maximum Gasteiger partial charge on any atom is 0.243 e. The van der Waals surface area contributed by atoms with Gasteiger partial charge < -0.3 is 20.1 Å². The molecule has 136 valence electrons. The third-order valence-electron chi connectivity index (χ3n) is 5.14. The van der Waals surface area contributed by atoms with Crippen LogP contribution in [-0.4, -0.2) is 43.2 Å². The Bertz CT molecular complexity index is 562. The molecule has 1 aliphatic carbocycles. The minimum atomic E-state index is -0.867. The predicted molar refractivity (Wildman–Crippen MR) is 97.4 cm³/mol. The summed E-state index contributed by atoms with van der Waals surface area (Å²) in [6.07, 6.45) is 0.607. The van der Waals surface area contributed by atoms with Crippen LogP contribution in [0.5, 0.6) is 5.75 Å². The molecule has 2 unspecified atom stereocenters. The molecule has 1 amide bonds. The number of halogens is 1. The number of carbonyl (C=O) groups excluding carboxylic acids is 1. The largest absolute Gasteiger partial charge is 0.497 e. The average Bonchev–Trinajstić information content (AvgIpc) is 2.54. The summed E-state index contributed by atoms with van der Waals surface area (Å²) in [5.41, 5.74) is 6.27. The molecule has 0 saturated heterocycles. The summed E-state index contributed by atoms with van der Waals surface area (Å²) in [6.45, 7) is 7.15. The fourth-order valence-electron chi connectivity index (χ4n) is 3.22. The van der Waals surface area contributed by atoms with Gasteiger partial charge in [0, 0.05) is 32.0 Å². The third-order valence-corrected chi connectivity index (χ3v) is 5.14. The Labute approximate surface area is 150 Å². The van der Waals surface area contributed by atoms with E-state index in [4.69, 9.17) is 15.2 Å². The van der Waals surface area contributed by atoms with Crippen molar-refractivity contribution in [1.29, 1.82) is 0 Å². The van der Waals surface area contributed by atoms with Gasteiger partial charge in [-0.2, -0.15) is 0 Å². The fourth-order valence-corrected chi connectivity index (χ4v) is 3.22. The van der Waals surface area contributed by atoms with Crippen molar-refractivity contribution in [3.63, 3.8) is 0 Å².